The summed E-state index contributed by atoms with van der Waals surface area (Å²) in [5, 5.41) is 6.76. The molecule has 6 N–H and O–H groups in total. The number of anilines is 6. The smallest absolute Gasteiger partial charge is 0.231 e. The van der Waals surface area contributed by atoms with Gasteiger partial charge in [-0.05, 0) is 50.7 Å². The maximum Gasteiger partial charge on any atom is 0.231 e. The van der Waals surface area contributed by atoms with Gasteiger partial charge < -0.3 is 36.3 Å². The summed E-state index contributed by atoms with van der Waals surface area (Å²) < 4.78 is 7.99. The van der Waals surface area contributed by atoms with Crippen molar-refractivity contribution in [2.45, 2.75) is 64.5 Å². The van der Waals surface area contributed by atoms with Crippen LogP contribution in [0.25, 0.3) is 0 Å². The molecule has 0 atom stereocenters. The number of benzene rings is 1. The molecule has 0 bridgehead atoms. The molecule has 3 heterocycles. The maximum atomic E-state index is 6.20. The first-order valence-corrected chi connectivity index (χ1v) is 13.4. The van der Waals surface area contributed by atoms with Gasteiger partial charge in [0.2, 0.25) is 5.95 Å². The fourth-order valence-corrected chi connectivity index (χ4v) is 5.44. The van der Waals surface area contributed by atoms with Crippen molar-refractivity contribution in [1.82, 2.24) is 19.5 Å². The van der Waals surface area contributed by atoms with E-state index in [2.05, 4.69) is 60.3 Å². The Morgan fingerprint density at radius 2 is 1.84 bits per heavy atom. The SMILES string of the molecule is COc1cc(N2CCC(Cn3ccnc3C)CC2)ccc1Nc1nc(N)c(N)c(NC2CCCCC2)n1. The van der Waals surface area contributed by atoms with Gasteiger partial charge in [-0.2, -0.15) is 9.97 Å². The summed E-state index contributed by atoms with van der Waals surface area (Å²) in [6.45, 7) is 5.13. The Morgan fingerprint density at radius 3 is 2.54 bits per heavy atom. The molecule has 0 unspecified atom stereocenters. The average molecular weight is 506 g/mol. The average Bonchev–Trinajstić information content (AvgIpc) is 3.32. The van der Waals surface area contributed by atoms with Crippen LogP contribution in [0.2, 0.25) is 0 Å². The van der Waals surface area contributed by atoms with E-state index in [1.807, 2.05) is 12.3 Å². The number of aromatic nitrogens is 4. The molecule has 10 nitrogen and oxygen atoms in total. The minimum atomic E-state index is 0.264. The van der Waals surface area contributed by atoms with Crippen molar-refractivity contribution >= 4 is 34.6 Å². The predicted molar refractivity (Wildman–Crippen MR) is 150 cm³/mol. The Labute approximate surface area is 218 Å². The number of imidazole rings is 1. The summed E-state index contributed by atoms with van der Waals surface area (Å²) >= 11 is 0. The molecule has 0 spiro atoms. The third-order valence-corrected chi connectivity index (χ3v) is 7.71. The number of nitrogens with one attached hydrogen (secondary N) is 2. The second kappa shape index (κ2) is 11.1. The highest BCUT2D eigenvalue weighted by Crippen LogP contribution is 2.35. The van der Waals surface area contributed by atoms with Crippen LogP contribution in [0.3, 0.4) is 0 Å². The molecule has 5 rings (SSSR count). The van der Waals surface area contributed by atoms with Crippen LogP contribution in [0, 0.1) is 12.8 Å². The van der Waals surface area contributed by atoms with E-state index in [1.165, 1.54) is 19.3 Å². The Bertz CT molecular complexity index is 1200. The Kier molecular flexibility index (Phi) is 7.52. The second-order valence-electron chi connectivity index (χ2n) is 10.2. The van der Waals surface area contributed by atoms with Crippen molar-refractivity contribution < 1.29 is 4.74 Å². The van der Waals surface area contributed by atoms with Crippen LogP contribution in [-0.4, -0.2) is 45.8 Å². The number of methoxy groups -OCH3 is 1. The number of ether oxygens (including phenoxy) is 1. The Balaban J connectivity index is 1.25. The molecule has 37 heavy (non-hydrogen) atoms. The topological polar surface area (TPSA) is 132 Å². The molecule has 2 fully saturated rings. The van der Waals surface area contributed by atoms with Crippen molar-refractivity contribution in [3.8, 4) is 5.75 Å². The van der Waals surface area contributed by atoms with Crippen LogP contribution >= 0.6 is 0 Å². The first kappa shape index (κ1) is 25.0. The van der Waals surface area contributed by atoms with Gasteiger partial charge in [0.1, 0.15) is 17.3 Å². The van der Waals surface area contributed by atoms with Gasteiger partial charge in [-0.1, -0.05) is 19.3 Å². The van der Waals surface area contributed by atoms with Crippen LogP contribution in [0.15, 0.2) is 30.6 Å². The van der Waals surface area contributed by atoms with Crippen LogP contribution in [0.5, 0.6) is 5.75 Å². The van der Waals surface area contributed by atoms with Crippen LogP contribution < -0.4 is 31.7 Å². The first-order chi connectivity index (χ1) is 18.0. The number of nitrogens with zero attached hydrogens (tertiary/aromatic N) is 5. The molecule has 1 saturated carbocycles. The Hall–Kier alpha value is -3.69. The standard InChI is InChI=1S/C27H39N9O/c1-18-30-12-15-36(18)17-19-10-13-35(14-11-19)21-8-9-22(23(16-21)37-2)32-27-33-25(29)24(28)26(34-27)31-20-6-4-3-5-7-20/h8-9,12,15-16,19-20H,3-7,10-11,13-14,17,28H2,1-2H3,(H4,29,31,32,33,34). The minimum absolute atomic E-state index is 0.264. The highest BCUT2D eigenvalue weighted by atomic mass is 16.5. The van der Waals surface area contributed by atoms with Crippen molar-refractivity contribution in [2.75, 3.05) is 47.2 Å². The molecule has 0 amide bonds. The Morgan fingerprint density at radius 1 is 1.05 bits per heavy atom. The van der Waals surface area contributed by atoms with Crippen molar-refractivity contribution in [1.29, 1.82) is 0 Å². The van der Waals surface area contributed by atoms with Gasteiger partial charge in [0.05, 0.1) is 12.8 Å². The van der Waals surface area contributed by atoms with Gasteiger partial charge in [0.15, 0.2) is 11.6 Å². The summed E-state index contributed by atoms with van der Waals surface area (Å²) in [7, 11) is 1.68. The molecule has 1 aromatic carbocycles. The van der Waals surface area contributed by atoms with Crippen LogP contribution in [-0.2, 0) is 6.54 Å². The lowest BCUT2D eigenvalue weighted by atomic mass is 9.95. The molecule has 1 saturated heterocycles. The van der Waals surface area contributed by atoms with E-state index in [4.69, 9.17) is 16.2 Å². The normalized spacial score (nSPS) is 17.1. The number of piperidine rings is 1. The number of nitrogens with two attached hydrogens (primary N) is 2. The van der Waals surface area contributed by atoms with E-state index in [0.717, 1.165) is 68.3 Å². The van der Waals surface area contributed by atoms with Gasteiger partial charge in [-0.25, -0.2) is 4.98 Å². The maximum absolute atomic E-state index is 6.20. The monoisotopic (exact) mass is 505 g/mol. The summed E-state index contributed by atoms with van der Waals surface area (Å²) in [6, 6.07) is 6.57. The molecule has 3 aromatic rings. The molecule has 10 heteroatoms. The zero-order chi connectivity index (χ0) is 25.8. The lowest BCUT2D eigenvalue weighted by Crippen LogP contribution is -2.35. The van der Waals surface area contributed by atoms with E-state index in [1.54, 1.807) is 7.11 Å². The molecule has 198 valence electrons. The van der Waals surface area contributed by atoms with Gasteiger partial charge >= 0.3 is 0 Å². The van der Waals surface area contributed by atoms with E-state index < -0.39 is 0 Å². The number of hydrogen-bond donors (Lipinski definition) is 4. The lowest BCUT2D eigenvalue weighted by Gasteiger charge is -2.34. The number of rotatable bonds is 8. The first-order valence-electron chi connectivity index (χ1n) is 13.4. The fraction of sp³-hybridized carbons (Fsp3) is 0.519. The summed E-state index contributed by atoms with van der Waals surface area (Å²) in [6.07, 6.45) is 12.2. The third-order valence-electron chi connectivity index (χ3n) is 7.71. The molecule has 1 aliphatic heterocycles. The van der Waals surface area contributed by atoms with Gasteiger partial charge in [0, 0.05) is 49.8 Å². The van der Waals surface area contributed by atoms with Crippen molar-refractivity contribution in [2.24, 2.45) is 5.92 Å². The molecule has 2 aliphatic rings. The fourth-order valence-electron chi connectivity index (χ4n) is 5.44. The number of hydrogen-bond acceptors (Lipinski definition) is 9. The van der Waals surface area contributed by atoms with Gasteiger partial charge in [0.25, 0.3) is 0 Å². The summed E-state index contributed by atoms with van der Waals surface area (Å²) in [5.41, 5.74) is 14.7. The van der Waals surface area contributed by atoms with Crippen molar-refractivity contribution in [3.63, 3.8) is 0 Å². The third kappa shape index (κ3) is 5.84. The number of aryl methyl sites for hydroxylation is 1. The zero-order valence-electron chi connectivity index (χ0n) is 21.9. The summed E-state index contributed by atoms with van der Waals surface area (Å²) in [4.78, 5) is 15.8. The second-order valence-corrected chi connectivity index (χ2v) is 10.2. The quantitative estimate of drug-likeness (QED) is 0.348. The van der Waals surface area contributed by atoms with Gasteiger partial charge in [-0.3, -0.25) is 0 Å². The molecular formula is C27H39N9O. The molecular weight excluding hydrogens is 466 g/mol. The van der Waals surface area contributed by atoms with E-state index >= 15 is 0 Å². The summed E-state index contributed by atoms with van der Waals surface area (Å²) in [5.74, 6) is 3.73. The number of nitrogen functional groups attached to an aromatic ring is 2. The highest BCUT2D eigenvalue weighted by Gasteiger charge is 2.22. The van der Waals surface area contributed by atoms with Crippen LogP contribution in [0.4, 0.5) is 34.6 Å². The molecule has 0 radical (unpaired) electrons. The zero-order valence-corrected chi connectivity index (χ0v) is 21.9. The van der Waals surface area contributed by atoms with Gasteiger partial charge in [-0.15, -0.1) is 0 Å². The minimum Gasteiger partial charge on any atom is -0.494 e. The van der Waals surface area contributed by atoms with Crippen LogP contribution in [0.1, 0.15) is 50.8 Å². The lowest BCUT2D eigenvalue weighted by molar-refractivity contribution is 0.354. The van der Waals surface area contributed by atoms with E-state index in [0.29, 0.717) is 29.4 Å². The van der Waals surface area contributed by atoms with Crippen molar-refractivity contribution in [3.05, 3.63) is 36.4 Å². The van der Waals surface area contributed by atoms with E-state index in [9.17, 15) is 0 Å². The van der Waals surface area contributed by atoms with E-state index in [-0.39, 0.29) is 5.82 Å². The largest absolute Gasteiger partial charge is 0.494 e. The predicted octanol–water partition coefficient (Wildman–Crippen LogP) is 4.56. The highest BCUT2D eigenvalue weighted by molar-refractivity contribution is 5.76. The molecule has 2 aromatic heterocycles. The molecule has 1 aliphatic carbocycles.